The van der Waals surface area contributed by atoms with Crippen molar-refractivity contribution < 1.29 is 23.0 Å². The van der Waals surface area contributed by atoms with Gasteiger partial charge < -0.3 is 14.8 Å². The first-order valence-corrected chi connectivity index (χ1v) is 9.54. The van der Waals surface area contributed by atoms with E-state index in [-0.39, 0.29) is 23.2 Å². The van der Waals surface area contributed by atoms with Gasteiger partial charge in [-0.3, -0.25) is 9.36 Å². The maximum atomic E-state index is 12.5. The number of ether oxygens (including phenoxy) is 2. The molecule has 3 rings (SSSR count). The summed E-state index contributed by atoms with van der Waals surface area (Å²) in [7, 11) is 1.33. The number of methoxy groups -OCH3 is 1. The van der Waals surface area contributed by atoms with Crippen LogP contribution in [0.25, 0.3) is 5.69 Å². The van der Waals surface area contributed by atoms with Crippen LogP contribution in [0.2, 0.25) is 5.02 Å². The average Bonchev–Trinajstić information content (AvgIpc) is 3.15. The first-order chi connectivity index (χ1) is 14.0. The zero-order valence-electron chi connectivity index (χ0n) is 15.0. The number of carbonyl (C=O) groups excluding carboxylic acids is 1. The fraction of sp³-hybridized carbons (Fsp3) is 0.167. The lowest BCUT2D eigenvalue weighted by Crippen LogP contribution is -2.15. The lowest BCUT2D eigenvalue weighted by Gasteiger charge is -2.12. The van der Waals surface area contributed by atoms with Gasteiger partial charge in [0.05, 0.1) is 18.6 Å². The van der Waals surface area contributed by atoms with Crippen molar-refractivity contribution in [2.45, 2.75) is 11.8 Å². The largest absolute Gasteiger partial charge is 0.493 e. The first-order valence-electron chi connectivity index (χ1n) is 8.17. The lowest BCUT2D eigenvalue weighted by atomic mass is 10.2. The van der Waals surface area contributed by atoms with Crippen LogP contribution in [-0.2, 0) is 4.79 Å². The van der Waals surface area contributed by atoms with Gasteiger partial charge in [-0.15, -0.1) is 10.2 Å². The Morgan fingerprint density at radius 1 is 1.28 bits per heavy atom. The van der Waals surface area contributed by atoms with E-state index < -0.39 is 6.61 Å². The van der Waals surface area contributed by atoms with E-state index in [9.17, 15) is 13.6 Å². The molecule has 0 saturated carbocycles. The number of benzene rings is 2. The molecule has 7 nitrogen and oxygen atoms in total. The molecule has 1 amide bonds. The minimum absolute atomic E-state index is 0.0241. The van der Waals surface area contributed by atoms with Crippen molar-refractivity contribution in [3.05, 3.63) is 53.8 Å². The second-order valence-corrected chi connectivity index (χ2v) is 6.92. The predicted molar refractivity (Wildman–Crippen MR) is 105 cm³/mol. The van der Waals surface area contributed by atoms with Crippen molar-refractivity contribution in [1.82, 2.24) is 14.8 Å². The molecule has 2 aromatic carbocycles. The quantitative estimate of drug-likeness (QED) is 0.527. The Hall–Kier alpha value is -2.85. The number of rotatable bonds is 8. The standard InChI is InChI=1S/C18H15ClF2N4O3S/c1-27-14-6-5-12(8-15(14)28-17(20)21)23-16(26)9-29-18-24-22-10-25(18)13-4-2-3-11(19)7-13/h2-8,10,17H,9H2,1H3,(H,23,26). The van der Waals surface area contributed by atoms with Crippen molar-refractivity contribution in [1.29, 1.82) is 0 Å². The average molecular weight is 441 g/mol. The zero-order chi connectivity index (χ0) is 20.8. The molecular formula is C18H15ClF2N4O3S. The molecule has 0 fully saturated rings. The number of hydrogen-bond acceptors (Lipinski definition) is 6. The summed E-state index contributed by atoms with van der Waals surface area (Å²) >= 11 is 7.17. The summed E-state index contributed by atoms with van der Waals surface area (Å²) in [5, 5.41) is 11.5. The van der Waals surface area contributed by atoms with E-state index in [1.54, 1.807) is 22.8 Å². The predicted octanol–water partition coefficient (Wildman–Crippen LogP) is 4.26. The van der Waals surface area contributed by atoms with Gasteiger partial charge in [0.15, 0.2) is 16.7 Å². The van der Waals surface area contributed by atoms with Crippen molar-refractivity contribution in [2.75, 3.05) is 18.2 Å². The molecule has 1 aromatic heterocycles. The third-order valence-electron chi connectivity index (χ3n) is 3.60. The summed E-state index contributed by atoms with van der Waals surface area (Å²) in [6, 6.07) is 11.3. The van der Waals surface area contributed by atoms with Gasteiger partial charge in [0.1, 0.15) is 6.33 Å². The number of thioether (sulfide) groups is 1. The number of anilines is 1. The molecule has 11 heteroatoms. The summed E-state index contributed by atoms with van der Waals surface area (Å²) in [6.45, 7) is -3.01. The smallest absolute Gasteiger partial charge is 0.387 e. The molecule has 1 heterocycles. The number of nitrogens with one attached hydrogen (secondary N) is 1. The van der Waals surface area contributed by atoms with Crippen LogP contribution in [-0.4, -0.2) is 40.1 Å². The summed E-state index contributed by atoms with van der Waals surface area (Å²) in [5.41, 5.74) is 1.05. The monoisotopic (exact) mass is 440 g/mol. The van der Waals surface area contributed by atoms with E-state index in [0.717, 1.165) is 17.4 Å². The van der Waals surface area contributed by atoms with Crippen molar-refractivity contribution in [3.63, 3.8) is 0 Å². The topological polar surface area (TPSA) is 78.3 Å². The fourth-order valence-electron chi connectivity index (χ4n) is 2.40. The SMILES string of the molecule is COc1ccc(NC(=O)CSc2nncn2-c2cccc(Cl)c2)cc1OC(F)F. The zero-order valence-corrected chi connectivity index (χ0v) is 16.6. The van der Waals surface area contributed by atoms with Crippen LogP contribution in [0.15, 0.2) is 53.9 Å². The molecule has 0 bridgehead atoms. The maximum absolute atomic E-state index is 12.5. The number of amides is 1. The lowest BCUT2D eigenvalue weighted by molar-refractivity contribution is -0.113. The normalized spacial score (nSPS) is 10.8. The number of aromatic nitrogens is 3. The molecule has 0 saturated heterocycles. The highest BCUT2D eigenvalue weighted by Gasteiger charge is 2.14. The minimum Gasteiger partial charge on any atom is -0.493 e. The van der Waals surface area contributed by atoms with E-state index in [0.29, 0.717) is 15.9 Å². The van der Waals surface area contributed by atoms with Crippen LogP contribution in [0.4, 0.5) is 14.5 Å². The Labute approximate surface area is 174 Å². The van der Waals surface area contributed by atoms with Gasteiger partial charge in [-0.25, -0.2) is 0 Å². The van der Waals surface area contributed by atoms with Gasteiger partial charge in [0.2, 0.25) is 5.91 Å². The summed E-state index contributed by atoms with van der Waals surface area (Å²) < 4.78 is 36.1. The van der Waals surface area contributed by atoms with Crippen LogP contribution in [0.1, 0.15) is 0 Å². The van der Waals surface area contributed by atoms with Crippen LogP contribution in [0, 0.1) is 0 Å². The van der Waals surface area contributed by atoms with Crippen LogP contribution in [0.3, 0.4) is 0 Å². The number of alkyl halides is 2. The molecule has 0 radical (unpaired) electrons. The second-order valence-electron chi connectivity index (χ2n) is 5.54. The summed E-state index contributed by atoms with van der Waals surface area (Å²) in [6.07, 6.45) is 1.52. The Kier molecular flexibility index (Phi) is 6.89. The third-order valence-corrected chi connectivity index (χ3v) is 4.78. The van der Waals surface area contributed by atoms with E-state index in [1.165, 1.54) is 31.6 Å². The number of halogens is 3. The van der Waals surface area contributed by atoms with Gasteiger partial charge in [-0.05, 0) is 30.3 Å². The van der Waals surface area contributed by atoms with E-state index in [4.69, 9.17) is 16.3 Å². The third kappa shape index (κ3) is 5.58. The molecule has 29 heavy (non-hydrogen) atoms. The molecule has 0 spiro atoms. The summed E-state index contributed by atoms with van der Waals surface area (Å²) in [5.74, 6) is -0.374. The molecular weight excluding hydrogens is 426 g/mol. The molecule has 0 unspecified atom stereocenters. The molecule has 0 aliphatic rings. The Morgan fingerprint density at radius 3 is 2.83 bits per heavy atom. The Morgan fingerprint density at radius 2 is 2.10 bits per heavy atom. The van der Waals surface area contributed by atoms with Crippen LogP contribution < -0.4 is 14.8 Å². The molecule has 3 aromatic rings. The maximum Gasteiger partial charge on any atom is 0.387 e. The molecule has 1 N–H and O–H groups in total. The Balaban J connectivity index is 1.65. The highest BCUT2D eigenvalue weighted by molar-refractivity contribution is 7.99. The van der Waals surface area contributed by atoms with Gasteiger partial charge >= 0.3 is 6.61 Å². The van der Waals surface area contributed by atoms with Gasteiger partial charge in [0, 0.05) is 16.8 Å². The van der Waals surface area contributed by atoms with Crippen LogP contribution in [0.5, 0.6) is 11.5 Å². The van der Waals surface area contributed by atoms with Gasteiger partial charge in [0.25, 0.3) is 0 Å². The van der Waals surface area contributed by atoms with Gasteiger partial charge in [-0.2, -0.15) is 8.78 Å². The van der Waals surface area contributed by atoms with E-state index in [2.05, 4.69) is 20.3 Å². The highest BCUT2D eigenvalue weighted by atomic mass is 35.5. The van der Waals surface area contributed by atoms with Crippen molar-refractivity contribution in [2.24, 2.45) is 0 Å². The van der Waals surface area contributed by atoms with Crippen molar-refractivity contribution >= 4 is 35.0 Å². The van der Waals surface area contributed by atoms with Crippen LogP contribution >= 0.6 is 23.4 Å². The highest BCUT2D eigenvalue weighted by Crippen LogP contribution is 2.31. The van der Waals surface area contributed by atoms with Crippen molar-refractivity contribution in [3.8, 4) is 17.2 Å². The molecule has 0 aliphatic carbocycles. The van der Waals surface area contributed by atoms with Gasteiger partial charge in [-0.1, -0.05) is 29.4 Å². The number of hydrogen-bond donors (Lipinski definition) is 1. The molecule has 0 atom stereocenters. The number of nitrogens with zero attached hydrogens (tertiary/aromatic N) is 3. The Bertz CT molecular complexity index is 1000. The molecule has 152 valence electrons. The number of carbonyl (C=O) groups is 1. The van der Waals surface area contributed by atoms with E-state index >= 15 is 0 Å². The second kappa shape index (κ2) is 9.57. The molecule has 0 aliphatic heterocycles. The first kappa shape index (κ1) is 20.9. The van der Waals surface area contributed by atoms with E-state index in [1.807, 2.05) is 6.07 Å². The fourth-order valence-corrected chi connectivity index (χ4v) is 3.31. The summed E-state index contributed by atoms with van der Waals surface area (Å²) in [4.78, 5) is 12.3. The minimum atomic E-state index is -3.01.